The summed E-state index contributed by atoms with van der Waals surface area (Å²) in [5.41, 5.74) is 1.98. The number of hydrogen-bond acceptors (Lipinski definition) is 2. The highest BCUT2D eigenvalue weighted by molar-refractivity contribution is 5.08. The van der Waals surface area contributed by atoms with Crippen LogP contribution in [0.1, 0.15) is 44.6 Å². The van der Waals surface area contributed by atoms with E-state index in [9.17, 15) is 0 Å². The van der Waals surface area contributed by atoms with E-state index in [1.165, 1.54) is 57.2 Å². The minimum absolute atomic E-state index is 0.582. The van der Waals surface area contributed by atoms with Gasteiger partial charge >= 0.3 is 0 Å². The molecule has 0 spiro atoms. The number of fused-ring (bicyclic) bond motifs is 1. The predicted molar refractivity (Wildman–Crippen MR) is 78.0 cm³/mol. The van der Waals surface area contributed by atoms with Gasteiger partial charge in [0.05, 0.1) is 6.20 Å². The van der Waals surface area contributed by atoms with Gasteiger partial charge in [0.25, 0.3) is 0 Å². The summed E-state index contributed by atoms with van der Waals surface area (Å²) in [7, 11) is 2.01. The molecule has 3 rings (SSSR count). The molecule has 0 aromatic carbocycles. The van der Waals surface area contributed by atoms with E-state index < -0.39 is 0 Å². The van der Waals surface area contributed by atoms with Gasteiger partial charge in [-0.3, -0.25) is 4.68 Å². The number of aryl methyl sites for hydroxylation is 2. The first-order chi connectivity index (χ1) is 9.21. The molecular formula is C16H27N3. The van der Waals surface area contributed by atoms with Crippen LogP contribution in [0.5, 0.6) is 0 Å². The Hall–Kier alpha value is -0.830. The van der Waals surface area contributed by atoms with Gasteiger partial charge in [-0.1, -0.05) is 6.92 Å². The lowest BCUT2D eigenvalue weighted by Gasteiger charge is -2.31. The van der Waals surface area contributed by atoms with Crippen LogP contribution < -0.4 is 5.32 Å². The van der Waals surface area contributed by atoms with E-state index in [0.29, 0.717) is 5.41 Å². The molecule has 19 heavy (non-hydrogen) atoms. The van der Waals surface area contributed by atoms with Gasteiger partial charge in [0.15, 0.2) is 0 Å². The lowest BCUT2D eigenvalue weighted by molar-refractivity contribution is 0.231. The smallest absolute Gasteiger partial charge is 0.0521 e. The van der Waals surface area contributed by atoms with Crippen molar-refractivity contribution in [2.45, 2.75) is 45.4 Å². The molecule has 3 heteroatoms. The maximum Gasteiger partial charge on any atom is 0.0521 e. The Kier molecular flexibility index (Phi) is 3.66. The van der Waals surface area contributed by atoms with Crippen LogP contribution in [0.25, 0.3) is 0 Å². The summed E-state index contributed by atoms with van der Waals surface area (Å²) >= 11 is 0. The molecule has 0 amide bonds. The zero-order valence-electron chi connectivity index (χ0n) is 12.4. The molecule has 2 atom stereocenters. The van der Waals surface area contributed by atoms with E-state index in [-0.39, 0.29) is 0 Å². The molecule has 2 saturated carbocycles. The summed E-state index contributed by atoms with van der Waals surface area (Å²) in [5.74, 6) is 2.13. The van der Waals surface area contributed by atoms with Crippen molar-refractivity contribution >= 4 is 0 Å². The Morgan fingerprint density at radius 3 is 2.84 bits per heavy atom. The maximum atomic E-state index is 4.28. The average Bonchev–Trinajstić information content (AvgIpc) is 2.83. The summed E-state index contributed by atoms with van der Waals surface area (Å²) < 4.78 is 1.92. The number of nitrogens with zero attached hydrogens (tertiary/aromatic N) is 2. The topological polar surface area (TPSA) is 29.9 Å². The van der Waals surface area contributed by atoms with Crippen LogP contribution >= 0.6 is 0 Å². The minimum Gasteiger partial charge on any atom is -0.316 e. The van der Waals surface area contributed by atoms with E-state index in [0.717, 1.165) is 11.8 Å². The Bertz CT molecular complexity index is 413. The Labute approximate surface area is 116 Å². The Morgan fingerprint density at radius 2 is 2.21 bits per heavy atom. The molecule has 2 unspecified atom stereocenters. The maximum absolute atomic E-state index is 4.28. The molecular weight excluding hydrogens is 234 g/mol. The summed E-state index contributed by atoms with van der Waals surface area (Å²) in [6.45, 7) is 4.65. The first kappa shape index (κ1) is 13.2. The third-order valence-electron chi connectivity index (χ3n) is 5.09. The number of nitrogens with one attached hydrogen (secondary N) is 1. The molecule has 0 radical (unpaired) electrons. The summed E-state index contributed by atoms with van der Waals surface area (Å²) in [6, 6.07) is 0. The standard InChI is InChI=1S/C16H27N3/c1-3-6-17-12-16(8-14-7-15(14)9-16)5-4-13-10-18-19(2)11-13/h10-11,14-15,17H,3-9,12H2,1-2H3. The zero-order valence-corrected chi connectivity index (χ0v) is 12.4. The predicted octanol–water partition coefficient (Wildman–Crippen LogP) is 2.77. The number of aromatic nitrogens is 2. The molecule has 1 N–H and O–H groups in total. The van der Waals surface area contributed by atoms with E-state index in [4.69, 9.17) is 0 Å². The normalized spacial score (nSPS) is 32.5. The third kappa shape index (κ3) is 3.02. The largest absolute Gasteiger partial charge is 0.316 e. The molecule has 2 aliphatic rings. The highest BCUT2D eigenvalue weighted by Gasteiger charge is 2.52. The van der Waals surface area contributed by atoms with Gasteiger partial charge in [0.2, 0.25) is 0 Å². The van der Waals surface area contributed by atoms with Crippen LogP contribution in [0.15, 0.2) is 12.4 Å². The fraction of sp³-hybridized carbons (Fsp3) is 0.812. The molecule has 0 bridgehead atoms. The quantitative estimate of drug-likeness (QED) is 0.765. The van der Waals surface area contributed by atoms with Crippen LogP contribution in [-0.2, 0) is 13.5 Å². The van der Waals surface area contributed by atoms with Gasteiger partial charge in [-0.25, -0.2) is 0 Å². The van der Waals surface area contributed by atoms with E-state index in [1.54, 1.807) is 0 Å². The van der Waals surface area contributed by atoms with Crippen molar-refractivity contribution in [1.82, 2.24) is 15.1 Å². The molecule has 1 aromatic heterocycles. The van der Waals surface area contributed by atoms with Crippen LogP contribution in [0.3, 0.4) is 0 Å². The molecule has 2 fully saturated rings. The van der Waals surface area contributed by atoms with Gasteiger partial charge in [-0.05, 0) is 67.9 Å². The summed E-state index contributed by atoms with van der Waals surface area (Å²) in [5, 5.41) is 7.96. The second-order valence-electron chi connectivity index (χ2n) is 6.86. The summed E-state index contributed by atoms with van der Waals surface area (Å²) in [4.78, 5) is 0. The highest BCUT2D eigenvalue weighted by Crippen LogP contribution is 2.61. The van der Waals surface area contributed by atoms with Gasteiger partial charge in [0.1, 0.15) is 0 Å². The van der Waals surface area contributed by atoms with Crippen LogP contribution in [0, 0.1) is 17.3 Å². The molecule has 2 aliphatic carbocycles. The fourth-order valence-electron chi connectivity index (χ4n) is 3.98. The van der Waals surface area contributed by atoms with Crippen LogP contribution in [0.2, 0.25) is 0 Å². The van der Waals surface area contributed by atoms with E-state index in [2.05, 4.69) is 23.5 Å². The molecule has 0 saturated heterocycles. The molecule has 1 aromatic rings. The van der Waals surface area contributed by atoms with Gasteiger partial charge in [-0.2, -0.15) is 5.10 Å². The Morgan fingerprint density at radius 1 is 1.42 bits per heavy atom. The van der Waals surface area contributed by atoms with E-state index >= 15 is 0 Å². The first-order valence-corrected chi connectivity index (χ1v) is 7.89. The lowest BCUT2D eigenvalue weighted by atomic mass is 9.78. The first-order valence-electron chi connectivity index (χ1n) is 7.89. The van der Waals surface area contributed by atoms with E-state index in [1.807, 2.05) is 17.9 Å². The second kappa shape index (κ2) is 5.28. The van der Waals surface area contributed by atoms with Gasteiger partial charge in [-0.15, -0.1) is 0 Å². The van der Waals surface area contributed by atoms with Crippen molar-refractivity contribution in [3.8, 4) is 0 Å². The van der Waals surface area contributed by atoms with Crippen molar-refractivity contribution in [2.24, 2.45) is 24.3 Å². The molecule has 1 heterocycles. The third-order valence-corrected chi connectivity index (χ3v) is 5.09. The van der Waals surface area contributed by atoms with Crippen LogP contribution in [0.4, 0.5) is 0 Å². The second-order valence-corrected chi connectivity index (χ2v) is 6.86. The summed E-state index contributed by atoms with van der Waals surface area (Å²) in [6.07, 6.45) is 12.4. The van der Waals surface area contributed by atoms with Gasteiger partial charge in [0, 0.05) is 19.8 Å². The molecule has 0 aliphatic heterocycles. The lowest BCUT2D eigenvalue weighted by Crippen LogP contribution is -2.34. The monoisotopic (exact) mass is 261 g/mol. The average molecular weight is 261 g/mol. The van der Waals surface area contributed by atoms with Crippen molar-refractivity contribution in [2.75, 3.05) is 13.1 Å². The number of rotatable bonds is 7. The highest BCUT2D eigenvalue weighted by atomic mass is 15.2. The van der Waals surface area contributed by atoms with Crippen molar-refractivity contribution in [3.05, 3.63) is 18.0 Å². The van der Waals surface area contributed by atoms with Crippen molar-refractivity contribution in [3.63, 3.8) is 0 Å². The SMILES string of the molecule is CCCNCC1(CCc2cnn(C)c2)CC2CC2C1. The zero-order chi connectivity index (χ0) is 13.3. The number of hydrogen-bond donors (Lipinski definition) is 1. The van der Waals surface area contributed by atoms with Crippen molar-refractivity contribution in [1.29, 1.82) is 0 Å². The fourth-order valence-corrected chi connectivity index (χ4v) is 3.98. The van der Waals surface area contributed by atoms with Gasteiger partial charge < -0.3 is 5.32 Å². The van der Waals surface area contributed by atoms with Crippen LogP contribution in [-0.4, -0.2) is 22.9 Å². The molecule has 3 nitrogen and oxygen atoms in total. The molecule has 106 valence electrons. The Balaban J connectivity index is 1.56. The minimum atomic E-state index is 0.582. The van der Waals surface area contributed by atoms with Crippen molar-refractivity contribution < 1.29 is 0 Å².